The van der Waals surface area contributed by atoms with Crippen LogP contribution >= 0.6 is 11.8 Å². The fourth-order valence-corrected chi connectivity index (χ4v) is 2.27. The summed E-state index contributed by atoms with van der Waals surface area (Å²) in [6.45, 7) is 1.63. The Morgan fingerprint density at radius 1 is 1.32 bits per heavy atom. The Morgan fingerprint density at radius 2 is 2.05 bits per heavy atom. The fraction of sp³-hybridized carbons (Fsp3) is 0.273. The summed E-state index contributed by atoms with van der Waals surface area (Å²) < 4.78 is 42.9. The van der Waals surface area contributed by atoms with Crippen molar-refractivity contribution in [3.8, 4) is 0 Å². The van der Waals surface area contributed by atoms with Crippen LogP contribution in [0.15, 0.2) is 32.7 Å². The van der Waals surface area contributed by atoms with Gasteiger partial charge < -0.3 is 10.2 Å². The molecule has 0 fully saturated rings. The highest BCUT2D eigenvalue weighted by molar-refractivity contribution is 7.99. The molecule has 1 heterocycles. The number of aryl methyl sites for hydroxylation is 1. The highest BCUT2D eigenvalue weighted by atomic mass is 32.2. The molecule has 1 aromatic heterocycles. The van der Waals surface area contributed by atoms with Crippen molar-refractivity contribution >= 4 is 11.8 Å². The highest BCUT2D eigenvalue weighted by Gasteiger charge is 2.31. The minimum Gasteiger partial charge on any atom is -0.416 e. The highest BCUT2D eigenvalue weighted by Crippen LogP contribution is 2.35. The van der Waals surface area contributed by atoms with Crippen LogP contribution in [0.25, 0.3) is 0 Å². The van der Waals surface area contributed by atoms with Crippen LogP contribution in [0.4, 0.5) is 13.2 Å². The first-order chi connectivity index (χ1) is 8.90. The summed E-state index contributed by atoms with van der Waals surface area (Å²) in [6, 6.07) is 3.39. The van der Waals surface area contributed by atoms with Gasteiger partial charge >= 0.3 is 6.18 Å². The number of nitrogens with two attached hydrogens (primary N) is 1. The largest absolute Gasteiger partial charge is 0.416 e. The molecule has 2 N–H and O–H groups in total. The summed E-state index contributed by atoms with van der Waals surface area (Å²) in [5.41, 5.74) is 5.14. The maximum Gasteiger partial charge on any atom is 0.416 e. The molecule has 0 saturated carbocycles. The molecule has 4 nitrogen and oxygen atoms in total. The van der Waals surface area contributed by atoms with Crippen LogP contribution in [0, 0.1) is 6.92 Å². The summed E-state index contributed by atoms with van der Waals surface area (Å²) >= 11 is 1.09. The van der Waals surface area contributed by atoms with E-state index in [-0.39, 0.29) is 11.8 Å². The third-order valence-electron chi connectivity index (χ3n) is 2.31. The van der Waals surface area contributed by atoms with Gasteiger partial charge in [0, 0.05) is 18.4 Å². The smallest absolute Gasteiger partial charge is 0.416 e. The minimum atomic E-state index is -4.38. The van der Waals surface area contributed by atoms with Gasteiger partial charge in [-0.2, -0.15) is 13.2 Å². The third-order valence-corrected chi connectivity index (χ3v) is 3.27. The monoisotopic (exact) mass is 289 g/mol. The summed E-state index contributed by atoms with van der Waals surface area (Å²) in [6.07, 6.45) is -4.38. The van der Waals surface area contributed by atoms with Gasteiger partial charge in [0.25, 0.3) is 5.22 Å². The van der Waals surface area contributed by atoms with Crippen LogP contribution in [0.1, 0.15) is 17.0 Å². The Morgan fingerprint density at radius 3 is 2.58 bits per heavy atom. The van der Waals surface area contributed by atoms with Crippen LogP contribution in [0.5, 0.6) is 0 Å². The zero-order valence-corrected chi connectivity index (χ0v) is 10.7. The molecule has 0 saturated heterocycles. The topological polar surface area (TPSA) is 64.9 Å². The molecule has 0 radical (unpaired) electrons. The number of hydrogen-bond donors (Lipinski definition) is 1. The molecule has 0 bridgehead atoms. The number of alkyl halides is 3. The number of halogens is 3. The minimum absolute atomic E-state index is 0.000622. The van der Waals surface area contributed by atoms with Crippen molar-refractivity contribution < 1.29 is 17.6 Å². The van der Waals surface area contributed by atoms with Gasteiger partial charge in [0.15, 0.2) is 0 Å². The van der Waals surface area contributed by atoms with E-state index in [1.54, 1.807) is 6.92 Å². The molecule has 1 aromatic carbocycles. The van der Waals surface area contributed by atoms with Crippen molar-refractivity contribution in [2.45, 2.75) is 29.8 Å². The van der Waals surface area contributed by atoms with Crippen LogP contribution in [-0.4, -0.2) is 10.2 Å². The van der Waals surface area contributed by atoms with Crippen molar-refractivity contribution in [3.63, 3.8) is 0 Å². The molecule has 0 amide bonds. The van der Waals surface area contributed by atoms with E-state index >= 15 is 0 Å². The normalized spacial score (nSPS) is 11.8. The number of benzene rings is 1. The lowest BCUT2D eigenvalue weighted by molar-refractivity contribution is -0.137. The Balaban J connectivity index is 2.31. The Bertz CT molecular complexity index is 583. The molecule has 2 aromatic rings. The van der Waals surface area contributed by atoms with Crippen LogP contribution in [-0.2, 0) is 12.7 Å². The molecule has 2 rings (SSSR count). The SMILES string of the molecule is Cc1nnc(Sc2ccc(C(F)(F)F)cc2CN)o1. The number of aromatic nitrogens is 2. The molecule has 0 unspecified atom stereocenters. The van der Waals surface area contributed by atoms with Gasteiger partial charge in [0.05, 0.1) is 5.56 Å². The Kier molecular flexibility index (Phi) is 3.81. The van der Waals surface area contributed by atoms with E-state index in [2.05, 4.69) is 10.2 Å². The van der Waals surface area contributed by atoms with Crippen LogP contribution in [0.3, 0.4) is 0 Å². The summed E-state index contributed by atoms with van der Waals surface area (Å²) in [7, 11) is 0. The Labute approximate surface area is 111 Å². The second-order valence-corrected chi connectivity index (χ2v) is 4.71. The number of nitrogens with zero attached hydrogens (tertiary/aromatic N) is 2. The summed E-state index contributed by atoms with van der Waals surface area (Å²) in [5.74, 6) is 0.392. The molecule has 102 valence electrons. The van der Waals surface area contributed by atoms with Gasteiger partial charge in [-0.3, -0.25) is 0 Å². The van der Waals surface area contributed by atoms with E-state index in [4.69, 9.17) is 10.2 Å². The maximum atomic E-state index is 12.6. The molecular weight excluding hydrogens is 279 g/mol. The van der Waals surface area contributed by atoms with Crippen molar-refractivity contribution in [1.82, 2.24) is 10.2 Å². The molecule has 19 heavy (non-hydrogen) atoms. The molecule has 0 atom stereocenters. The lowest BCUT2D eigenvalue weighted by Crippen LogP contribution is -2.07. The first kappa shape index (κ1) is 13.9. The van der Waals surface area contributed by atoms with E-state index in [1.807, 2.05) is 0 Å². The summed E-state index contributed by atoms with van der Waals surface area (Å²) in [4.78, 5) is 0.569. The van der Waals surface area contributed by atoms with E-state index in [0.29, 0.717) is 16.3 Å². The molecule has 0 aliphatic carbocycles. The first-order valence-electron chi connectivity index (χ1n) is 5.28. The average molecular weight is 289 g/mol. The van der Waals surface area contributed by atoms with Gasteiger partial charge in [0.1, 0.15) is 0 Å². The molecule has 8 heteroatoms. The predicted molar refractivity (Wildman–Crippen MR) is 62.5 cm³/mol. The lowest BCUT2D eigenvalue weighted by Gasteiger charge is -2.10. The van der Waals surface area contributed by atoms with E-state index in [9.17, 15) is 13.2 Å². The second-order valence-electron chi connectivity index (χ2n) is 3.71. The van der Waals surface area contributed by atoms with Gasteiger partial charge in [-0.05, 0) is 35.5 Å². The van der Waals surface area contributed by atoms with Gasteiger partial charge in [0.2, 0.25) is 5.89 Å². The average Bonchev–Trinajstić information content (AvgIpc) is 2.74. The molecule has 0 aliphatic heterocycles. The van der Waals surface area contributed by atoms with Crippen molar-refractivity contribution in [1.29, 1.82) is 0 Å². The van der Waals surface area contributed by atoms with E-state index in [0.717, 1.165) is 23.9 Å². The van der Waals surface area contributed by atoms with Gasteiger partial charge in [-0.1, -0.05) is 0 Å². The standard InChI is InChI=1S/C11H10F3N3OS/c1-6-16-17-10(18-6)19-9-3-2-8(11(12,13)14)4-7(9)5-15/h2-4H,5,15H2,1H3. The predicted octanol–water partition coefficient (Wildman–Crippen LogP) is 3.01. The zero-order chi connectivity index (χ0) is 14.0. The number of hydrogen-bond acceptors (Lipinski definition) is 5. The van der Waals surface area contributed by atoms with Crippen molar-refractivity contribution in [2.24, 2.45) is 5.73 Å². The van der Waals surface area contributed by atoms with E-state index in [1.165, 1.54) is 6.07 Å². The first-order valence-corrected chi connectivity index (χ1v) is 6.10. The summed E-state index contributed by atoms with van der Waals surface area (Å²) in [5, 5.41) is 7.69. The van der Waals surface area contributed by atoms with Gasteiger partial charge in [-0.15, -0.1) is 10.2 Å². The molecule has 0 aliphatic rings. The van der Waals surface area contributed by atoms with Gasteiger partial charge in [-0.25, -0.2) is 0 Å². The Hall–Kier alpha value is -1.54. The van der Waals surface area contributed by atoms with Crippen molar-refractivity contribution in [3.05, 3.63) is 35.2 Å². The fourth-order valence-electron chi connectivity index (χ4n) is 1.43. The van der Waals surface area contributed by atoms with E-state index < -0.39 is 11.7 Å². The van der Waals surface area contributed by atoms with Crippen LogP contribution in [0.2, 0.25) is 0 Å². The number of rotatable bonds is 3. The van der Waals surface area contributed by atoms with Crippen molar-refractivity contribution in [2.75, 3.05) is 0 Å². The zero-order valence-electron chi connectivity index (χ0n) is 9.86. The maximum absolute atomic E-state index is 12.6. The second kappa shape index (κ2) is 5.22. The quantitative estimate of drug-likeness (QED) is 0.941. The molecular formula is C11H10F3N3OS. The van der Waals surface area contributed by atoms with Crippen LogP contribution < -0.4 is 5.73 Å². The molecule has 0 spiro atoms. The third kappa shape index (κ3) is 3.27. The lowest BCUT2D eigenvalue weighted by atomic mass is 10.1.